The summed E-state index contributed by atoms with van der Waals surface area (Å²) in [6.07, 6.45) is 3.55. The highest BCUT2D eigenvalue weighted by Gasteiger charge is 2.13. The molecule has 0 spiro atoms. The number of hydrogen-bond acceptors (Lipinski definition) is 3. The monoisotopic (exact) mass is 281 g/mol. The van der Waals surface area contributed by atoms with Gasteiger partial charge >= 0.3 is 0 Å². The van der Waals surface area contributed by atoms with Crippen molar-refractivity contribution < 1.29 is 4.42 Å². The summed E-state index contributed by atoms with van der Waals surface area (Å²) < 4.78 is 7.37. The Hall–Kier alpha value is -1.26. The van der Waals surface area contributed by atoms with E-state index in [1.807, 2.05) is 23.9 Å². The van der Waals surface area contributed by atoms with Crippen LogP contribution < -0.4 is 5.32 Å². The van der Waals surface area contributed by atoms with Crippen LogP contribution in [0.1, 0.15) is 37.8 Å². The van der Waals surface area contributed by atoms with Crippen LogP contribution in [0.25, 0.3) is 0 Å². The summed E-state index contributed by atoms with van der Waals surface area (Å²) in [6.45, 7) is 9.67. The smallest absolute Gasteiger partial charge is 0.122 e. The van der Waals surface area contributed by atoms with Crippen LogP contribution in [0.5, 0.6) is 0 Å². The van der Waals surface area contributed by atoms with Crippen LogP contribution in [0.2, 0.25) is 5.02 Å². The fourth-order valence-corrected chi connectivity index (χ4v) is 1.91. The van der Waals surface area contributed by atoms with Crippen LogP contribution >= 0.6 is 11.6 Å². The summed E-state index contributed by atoms with van der Waals surface area (Å²) in [5.74, 6) is 0.944. The normalized spacial score (nSPS) is 12.1. The van der Waals surface area contributed by atoms with Crippen molar-refractivity contribution in [2.45, 2.75) is 46.3 Å². The van der Waals surface area contributed by atoms with Gasteiger partial charge in [-0.2, -0.15) is 5.10 Å². The number of aromatic nitrogens is 2. The molecule has 4 nitrogen and oxygen atoms in total. The standard InChI is InChI=1S/C14H20ClN3O/c1-10-12(15)9-18(17-10)8-11-5-6-19-13(11)7-16-14(2,3)4/h5-6,9,16H,7-8H2,1-4H3. The van der Waals surface area contributed by atoms with Crippen LogP contribution in [-0.2, 0) is 13.1 Å². The Balaban J connectivity index is 2.07. The molecule has 0 aliphatic rings. The lowest BCUT2D eigenvalue weighted by Crippen LogP contribution is -2.35. The fraction of sp³-hybridized carbons (Fsp3) is 0.500. The molecule has 0 saturated heterocycles. The van der Waals surface area contributed by atoms with Gasteiger partial charge < -0.3 is 9.73 Å². The van der Waals surface area contributed by atoms with E-state index in [2.05, 4.69) is 31.2 Å². The lowest BCUT2D eigenvalue weighted by molar-refractivity contribution is 0.385. The Kier molecular flexibility index (Phi) is 4.02. The topological polar surface area (TPSA) is 43.0 Å². The molecule has 1 N–H and O–H groups in total. The Bertz CT molecular complexity index is 532. The van der Waals surface area contributed by atoms with Gasteiger partial charge in [0.15, 0.2) is 0 Å². The molecule has 0 aliphatic carbocycles. The molecular formula is C14H20ClN3O. The summed E-state index contributed by atoms with van der Waals surface area (Å²) in [7, 11) is 0. The van der Waals surface area contributed by atoms with E-state index in [-0.39, 0.29) is 5.54 Å². The molecule has 0 aliphatic heterocycles. The Labute approximate surface area is 118 Å². The molecule has 104 valence electrons. The molecule has 0 atom stereocenters. The summed E-state index contributed by atoms with van der Waals surface area (Å²) in [6, 6.07) is 1.98. The van der Waals surface area contributed by atoms with E-state index in [1.54, 1.807) is 6.26 Å². The zero-order valence-electron chi connectivity index (χ0n) is 11.8. The van der Waals surface area contributed by atoms with Crippen molar-refractivity contribution in [1.29, 1.82) is 0 Å². The number of halogens is 1. The van der Waals surface area contributed by atoms with Gasteiger partial charge in [-0.3, -0.25) is 4.68 Å². The molecule has 2 rings (SSSR count). The first kappa shape index (κ1) is 14.2. The number of nitrogens with one attached hydrogen (secondary N) is 1. The van der Waals surface area contributed by atoms with E-state index in [4.69, 9.17) is 16.0 Å². The molecule has 0 radical (unpaired) electrons. The average molecular weight is 282 g/mol. The van der Waals surface area contributed by atoms with Crippen molar-refractivity contribution in [3.63, 3.8) is 0 Å². The van der Waals surface area contributed by atoms with Gasteiger partial charge in [0.05, 0.1) is 30.1 Å². The number of rotatable bonds is 4. The van der Waals surface area contributed by atoms with Gasteiger partial charge in [-0.25, -0.2) is 0 Å². The zero-order chi connectivity index (χ0) is 14.0. The summed E-state index contributed by atoms with van der Waals surface area (Å²) in [5, 5.41) is 8.47. The molecule has 2 aromatic heterocycles. The van der Waals surface area contributed by atoms with E-state index >= 15 is 0 Å². The second-order valence-corrected chi connectivity index (χ2v) is 6.14. The first-order chi connectivity index (χ1) is 8.85. The van der Waals surface area contributed by atoms with Crippen LogP contribution in [0.3, 0.4) is 0 Å². The molecule has 0 saturated carbocycles. The number of furan rings is 1. The maximum absolute atomic E-state index is 6.01. The zero-order valence-corrected chi connectivity index (χ0v) is 12.6. The number of nitrogens with zero attached hydrogens (tertiary/aromatic N) is 2. The molecule has 0 bridgehead atoms. The molecule has 5 heteroatoms. The van der Waals surface area contributed by atoms with Crippen molar-refractivity contribution in [3.8, 4) is 0 Å². The largest absolute Gasteiger partial charge is 0.468 e. The molecule has 2 heterocycles. The first-order valence-corrected chi connectivity index (χ1v) is 6.73. The highest BCUT2D eigenvalue weighted by molar-refractivity contribution is 6.31. The van der Waals surface area contributed by atoms with Gasteiger partial charge in [-0.1, -0.05) is 11.6 Å². The quantitative estimate of drug-likeness (QED) is 0.934. The Morgan fingerprint density at radius 2 is 2.16 bits per heavy atom. The summed E-state index contributed by atoms with van der Waals surface area (Å²) in [5.41, 5.74) is 2.03. The maximum Gasteiger partial charge on any atom is 0.122 e. The Morgan fingerprint density at radius 3 is 2.74 bits per heavy atom. The minimum Gasteiger partial charge on any atom is -0.468 e. The average Bonchev–Trinajstić information content (AvgIpc) is 2.84. The summed E-state index contributed by atoms with van der Waals surface area (Å²) >= 11 is 6.01. The lowest BCUT2D eigenvalue weighted by Gasteiger charge is -2.20. The van der Waals surface area contributed by atoms with Crippen molar-refractivity contribution >= 4 is 11.6 Å². The third-order valence-electron chi connectivity index (χ3n) is 2.84. The van der Waals surface area contributed by atoms with Crippen LogP contribution in [0.4, 0.5) is 0 Å². The van der Waals surface area contributed by atoms with Crippen LogP contribution in [-0.4, -0.2) is 15.3 Å². The molecule has 0 aromatic carbocycles. The second kappa shape index (κ2) is 5.39. The van der Waals surface area contributed by atoms with Gasteiger partial charge in [-0.15, -0.1) is 0 Å². The molecule has 0 unspecified atom stereocenters. The Morgan fingerprint density at radius 1 is 1.42 bits per heavy atom. The minimum atomic E-state index is 0.0651. The molecular weight excluding hydrogens is 262 g/mol. The van der Waals surface area contributed by atoms with Gasteiger partial charge in [-0.05, 0) is 33.8 Å². The molecule has 19 heavy (non-hydrogen) atoms. The third kappa shape index (κ3) is 3.85. The van der Waals surface area contributed by atoms with E-state index in [1.165, 1.54) is 0 Å². The molecule has 0 amide bonds. The third-order valence-corrected chi connectivity index (χ3v) is 3.21. The predicted molar refractivity (Wildman–Crippen MR) is 76.4 cm³/mol. The van der Waals surface area contributed by atoms with Gasteiger partial charge in [0.2, 0.25) is 0 Å². The maximum atomic E-state index is 6.01. The number of hydrogen-bond donors (Lipinski definition) is 1. The predicted octanol–water partition coefficient (Wildman–Crippen LogP) is 3.37. The SMILES string of the molecule is Cc1nn(Cc2ccoc2CNC(C)(C)C)cc1Cl. The van der Waals surface area contributed by atoms with Crippen LogP contribution in [0, 0.1) is 6.92 Å². The van der Waals surface area contributed by atoms with Crippen molar-refractivity contribution in [2.75, 3.05) is 0 Å². The van der Waals surface area contributed by atoms with E-state index in [0.717, 1.165) is 17.0 Å². The van der Waals surface area contributed by atoms with E-state index in [0.29, 0.717) is 18.1 Å². The highest BCUT2D eigenvalue weighted by Crippen LogP contribution is 2.17. The first-order valence-electron chi connectivity index (χ1n) is 6.35. The van der Waals surface area contributed by atoms with Gasteiger partial charge in [0.1, 0.15) is 5.76 Å². The van der Waals surface area contributed by atoms with Crippen molar-refractivity contribution in [2.24, 2.45) is 0 Å². The minimum absolute atomic E-state index is 0.0651. The summed E-state index contributed by atoms with van der Waals surface area (Å²) in [4.78, 5) is 0. The van der Waals surface area contributed by atoms with Gasteiger partial charge in [0.25, 0.3) is 0 Å². The van der Waals surface area contributed by atoms with Crippen LogP contribution in [0.15, 0.2) is 22.9 Å². The second-order valence-electron chi connectivity index (χ2n) is 5.73. The lowest BCUT2D eigenvalue weighted by atomic mass is 10.1. The van der Waals surface area contributed by atoms with Crippen molar-refractivity contribution in [1.82, 2.24) is 15.1 Å². The number of aryl methyl sites for hydroxylation is 1. The van der Waals surface area contributed by atoms with E-state index < -0.39 is 0 Å². The van der Waals surface area contributed by atoms with E-state index in [9.17, 15) is 0 Å². The molecule has 0 fully saturated rings. The molecule has 2 aromatic rings. The van der Waals surface area contributed by atoms with Crippen molar-refractivity contribution in [3.05, 3.63) is 40.6 Å². The fourth-order valence-electron chi connectivity index (χ4n) is 1.76. The van der Waals surface area contributed by atoms with Gasteiger partial charge in [0, 0.05) is 17.3 Å². The highest BCUT2D eigenvalue weighted by atomic mass is 35.5.